The molecule has 19 heavy (non-hydrogen) atoms. The van der Waals surface area contributed by atoms with E-state index in [0.717, 1.165) is 5.56 Å². The molecule has 100 valence electrons. The second-order valence-electron chi connectivity index (χ2n) is 4.84. The van der Waals surface area contributed by atoms with Crippen LogP contribution in [0, 0.1) is 5.82 Å². The zero-order chi connectivity index (χ0) is 13.4. The molecule has 0 saturated carbocycles. The molecule has 1 aliphatic carbocycles. The van der Waals surface area contributed by atoms with Crippen molar-refractivity contribution in [2.24, 2.45) is 0 Å². The predicted octanol–water partition coefficient (Wildman–Crippen LogP) is 4.34. The molecule has 0 fully saturated rings. The smallest absolute Gasteiger partial charge is 0.123 e. The molecule has 0 saturated heterocycles. The van der Waals surface area contributed by atoms with Gasteiger partial charge < -0.3 is 5.32 Å². The van der Waals surface area contributed by atoms with Gasteiger partial charge in [-0.25, -0.2) is 4.39 Å². The van der Waals surface area contributed by atoms with Gasteiger partial charge in [-0.15, -0.1) is 11.3 Å². The van der Waals surface area contributed by atoms with Gasteiger partial charge in [0.15, 0.2) is 0 Å². The van der Waals surface area contributed by atoms with Gasteiger partial charge in [-0.05, 0) is 61.7 Å². The van der Waals surface area contributed by atoms with Crippen molar-refractivity contribution in [3.63, 3.8) is 0 Å². The average Bonchev–Trinajstić information content (AvgIpc) is 2.95. The van der Waals surface area contributed by atoms with Crippen molar-refractivity contribution in [3.05, 3.63) is 56.0 Å². The second-order valence-corrected chi connectivity index (χ2v) is 6.41. The summed E-state index contributed by atoms with van der Waals surface area (Å²) < 4.78 is 13.4. The van der Waals surface area contributed by atoms with Crippen LogP contribution in [0.1, 0.15) is 33.3 Å². The lowest BCUT2D eigenvalue weighted by atomic mass is 10.0. The summed E-state index contributed by atoms with van der Waals surface area (Å²) in [5.41, 5.74) is 2.26. The Balaban J connectivity index is 2.01. The van der Waals surface area contributed by atoms with E-state index in [0.29, 0.717) is 5.02 Å². The van der Waals surface area contributed by atoms with Gasteiger partial charge in [0, 0.05) is 14.8 Å². The summed E-state index contributed by atoms with van der Waals surface area (Å²) in [4.78, 5) is 2.70. The van der Waals surface area contributed by atoms with Crippen molar-refractivity contribution >= 4 is 22.9 Å². The van der Waals surface area contributed by atoms with Crippen LogP contribution in [0.3, 0.4) is 0 Å². The minimum absolute atomic E-state index is 0.0289. The maximum absolute atomic E-state index is 13.4. The first-order chi connectivity index (χ1) is 9.19. The minimum atomic E-state index is -0.247. The van der Waals surface area contributed by atoms with E-state index in [1.165, 1.54) is 46.7 Å². The summed E-state index contributed by atoms with van der Waals surface area (Å²) in [6, 6.07) is 6.76. The molecule has 1 aromatic heterocycles. The molecule has 1 aromatic carbocycles. The molecule has 2 aromatic rings. The largest absolute Gasteiger partial charge is 0.309 e. The van der Waals surface area contributed by atoms with Gasteiger partial charge in [-0.3, -0.25) is 0 Å². The van der Waals surface area contributed by atoms with E-state index in [1.807, 2.05) is 18.4 Å². The zero-order valence-corrected chi connectivity index (χ0v) is 12.2. The van der Waals surface area contributed by atoms with Gasteiger partial charge >= 0.3 is 0 Å². The summed E-state index contributed by atoms with van der Waals surface area (Å²) >= 11 is 8.03. The van der Waals surface area contributed by atoms with Crippen LogP contribution in [0.2, 0.25) is 5.02 Å². The first-order valence-electron chi connectivity index (χ1n) is 6.42. The maximum Gasteiger partial charge on any atom is 0.123 e. The third-order valence-electron chi connectivity index (χ3n) is 3.61. The molecule has 0 bridgehead atoms. The van der Waals surface area contributed by atoms with Crippen molar-refractivity contribution in [3.8, 4) is 0 Å². The molecule has 1 atom stereocenters. The highest BCUT2D eigenvalue weighted by atomic mass is 35.5. The molecule has 1 unspecified atom stereocenters. The SMILES string of the molecule is CNC(c1cc2c(s1)CCC2)c1cc(F)ccc1Cl. The normalized spacial score (nSPS) is 15.5. The molecule has 3 rings (SSSR count). The van der Waals surface area contributed by atoms with Crippen LogP contribution in [0.15, 0.2) is 24.3 Å². The highest BCUT2D eigenvalue weighted by Crippen LogP contribution is 2.37. The molecule has 0 amide bonds. The van der Waals surface area contributed by atoms with Crippen LogP contribution in [-0.4, -0.2) is 7.05 Å². The van der Waals surface area contributed by atoms with Crippen molar-refractivity contribution in [1.29, 1.82) is 0 Å². The summed E-state index contributed by atoms with van der Waals surface area (Å²) in [5, 5.41) is 3.86. The lowest BCUT2D eigenvalue weighted by Crippen LogP contribution is -2.17. The van der Waals surface area contributed by atoms with Gasteiger partial charge in [0.25, 0.3) is 0 Å². The molecule has 0 aliphatic heterocycles. The number of benzene rings is 1. The van der Waals surface area contributed by atoms with Crippen LogP contribution < -0.4 is 5.32 Å². The standard InChI is InChI=1S/C15H15ClFNS/c1-18-15(11-8-10(17)5-6-12(11)16)14-7-9-3-2-4-13(9)19-14/h5-8,15,18H,2-4H2,1H3. The van der Waals surface area contributed by atoms with E-state index >= 15 is 0 Å². The molecule has 1 nitrogen and oxygen atoms in total. The number of thiophene rings is 1. The van der Waals surface area contributed by atoms with Crippen molar-refractivity contribution in [2.45, 2.75) is 25.3 Å². The Labute approximate surface area is 121 Å². The molecule has 0 radical (unpaired) electrons. The Bertz CT molecular complexity index is 587. The average molecular weight is 296 g/mol. The van der Waals surface area contributed by atoms with Gasteiger partial charge in [0.1, 0.15) is 5.82 Å². The van der Waals surface area contributed by atoms with Crippen LogP contribution in [0.4, 0.5) is 4.39 Å². The van der Waals surface area contributed by atoms with Crippen LogP contribution in [0.5, 0.6) is 0 Å². The van der Waals surface area contributed by atoms with Crippen LogP contribution in [0.25, 0.3) is 0 Å². The number of hydrogen-bond acceptors (Lipinski definition) is 2. The van der Waals surface area contributed by atoms with E-state index in [2.05, 4.69) is 11.4 Å². The molecule has 0 spiro atoms. The third kappa shape index (κ3) is 2.42. The third-order valence-corrected chi connectivity index (χ3v) is 5.25. The zero-order valence-electron chi connectivity index (χ0n) is 10.7. The number of rotatable bonds is 3. The number of hydrogen-bond donors (Lipinski definition) is 1. The second kappa shape index (κ2) is 5.23. The molecular formula is C15H15ClFNS. The number of halogens is 2. The van der Waals surface area contributed by atoms with Gasteiger partial charge in [-0.2, -0.15) is 0 Å². The number of aryl methyl sites for hydroxylation is 2. The minimum Gasteiger partial charge on any atom is -0.309 e. The lowest BCUT2D eigenvalue weighted by Gasteiger charge is -2.16. The molecular weight excluding hydrogens is 281 g/mol. The van der Waals surface area contributed by atoms with Gasteiger partial charge in [-0.1, -0.05) is 11.6 Å². The Morgan fingerprint density at radius 2 is 2.16 bits per heavy atom. The fraction of sp³-hybridized carbons (Fsp3) is 0.333. The summed E-state index contributed by atoms with van der Waals surface area (Å²) in [6.07, 6.45) is 3.60. The van der Waals surface area contributed by atoms with Gasteiger partial charge in [0.2, 0.25) is 0 Å². The van der Waals surface area contributed by atoms with Crippen LogP contribution in [-0.2, 0) is 12.8 Å². The highest BCUT2D eigenvalue weighted by Gasteiger charge is 2.22. The van der Waals surface area contributed by atoms with E-state index in [1.54, 1.807) is 6.07 Å². The lowest BCUT2D eigenvalue weighted by molar-refractivity contribution is 0.618. The Morgan fingerprint density at radius 1 is 1.32 bits per heavy atom. The van der Waals surface area contributed by atoms with Crippen molar-refractivity contribution in [2.75, 3.05) is 7.05 Å². The first-order valence-corrected chi connectivity index (χ1v) is 7.62. The van der Waals surface area contributed by atoms with Gasteiger partial charge in [0.05, 0.1) is 6.04 Å². The molecule has 4 heteroatoms. The molecule has 1 aliphatic rings. The fourth-order valence-electron chi connectivity index (χ4n) is 2.68. The van der Waals surface area contributed by atoms with E-state index < -0.39 is 0 Å². The topological polar surface area (TPSA) is 12.0 Å². The summed E-state index contributed by atoms with van der Waals surface area (Å²) in [7, 11) is 1.89. The van der Waals surface area contributed by atoms with E-state index in [-0.39, 0.29) is 11.9 Å². The molecule has 1 N–H and O–H groups in total. The Kier molecular flexibility index (Phi) is 3.61. The number of nitrogens with one attached hydrogen (secondary N) is 1. The maximum atomic E-state index is 13.4. The summed E-state index contributed by atoms with van der Waals surface area (Å²) in [5.74, 6) is -0.247. The van der Waals surface area contributed by atoms with Crippen molar-refractivity contribution in [1.82, 2.24) is 5.32 Å². The first kappa shape index (κ1) is 13.1. The van der Waals surface area contributed by atoms with Crippen molar-refractivity contribution < 1.29 is 4.39 Å². The van der Waals surface area contributed by atoms with Crippen LogP contribution >= 0.6 is 22.9 Å². The molecule has 1 heterocycles. The predicted molar refractivity (Wildman–Crippen MR) is 78.7 cm³/mol. The number of fused-ring (bicyclic) bond motifs is 1. The summed E-state index contributed by atoms with van der Waals surface area (Å²) in [6.45, 7) is 0. The fourth-order valence-corrected chi connectivity index (χ4v) is 4.29. The quantitative estimate of drug-likeness (QED) is 0.888. The Morgan fingerprint density at radius 3 is 2.89 bits per heavy atom. The highest BCUT2D eigenvalue weighted by molar-refractivity contribution is 7.12. The van der Waals surface area contributed by atoms with E-state index in [4.69, 9.17) is 11.6 Å². The Hall–Kier alpha value is -0.900. The van der Waals surface area contributed by atoms with E-state index in [9.17, 15) is 4.39 Å². The monoisotopic (exact) mass is 295 g/mol.